The van der Waals surface area contributed by atoms with Crippen LogP contribution in [0.3, 0.4) is 0 Å². The fourth-order valence-corrected chi connectivity index (χ4v) is 0.987. The zero-order valence-corrected chi connectivity index (χ0v) is 9.45. The third-order valence-electron chi connectivity index (χ3n) is 2.18. The van der Waals surface area contributed by atoms with E-state index in [2.05, 4.69) is 5.10 Å². The van der Waals surface area contributed by atoms with E-state index in [0.717, 1.165) is 10.7 Å². The second kappa shape index (κ2) is 4.31. The van der Waals surface area contributed by atoms with Crippen LogP contribution >= 0.6 is 0 Å². The normalized spacial score (nSPS) is 12.3. The van der Waals surface area contributed by atoms with Gasteiger partial charge in [-0.15, -0.1) is 0 Å². The molecule has 6 nitrogen and oxygen atoms in total. The Labute approximate surface area is 99.4 Å². The first-order valence-electron chi connectivity index (χ1n) is 4.73. The van der Waals surface area contributed by atoms with Gasteiger partial charge in [-0.25, -0.2) is 4.79 Å². The lowest BCUT2D eigenvalue weighted by atomic mass is 10.1. The van der Waals surface area contributed by atoms with Crippen molar-refractivity contribution in [3.8, 4) is 0 Å². The van der Waals surface area contributed by atoms with E-state index in [1.807, 2.05) is 0 Å². The second-order valence-corrected chi connectivity index (χ2v) is 3.96. The number of carbonyl (C=O) groups is 2. The number of aromatic nitrogens is 2. The molecule has 0 atom stereocenters. The summed E-state index contributed by atoms with van der Waals surface area (Å²) in [7, 11) is 0. The van der Waals surface area contributed by atoms with Gasteiger partial charge in [0.2, 0.25) is 0 Å². The lowest BCUT2D eigenvalue weighted by Gasteiger charge is -2.19. The lowest BCUT2D eigenvalue weighted by molar-refractivity contribution is -0.167. The maximum atomic E-state index is 12.0. The molecule has 1 aromatic rings. The quantitative estimate of drug-likeness (QED) is 0.860. The summed E-state index contributed by atoms with van der Waals surface area (Å²) in [5.74, 6) is -3.74. The number of halogens is 3. The molecule has 18 heavy (non-hydrogen) atoms. The van der Waals surface area contributed by atoms with Gasteiger partial charge in [0.1, 0.15) is 0 Å². The minimum absolute atomic E-state index is 0.369. The zero-order valence-electron chi connectivity index (χ0n) is 9.45. The van der Waals surface area contributed by atoms with Crippen molar-refractivity contribution in [1.82, 2.24) is 9.78 Å². The molecule has 0 aliphatic rings. The van der Waals surface area contributed by atoms with Gasteiger partial charge in [0, 0.05) is 12.3 Å². The van der Waals surface area contributed by atoms with Gasteiger partial charge in [0.05, 0.1) is 0 Å². The van der Waals surface area contributed by atoms with Gasteiger partial charge in [-0.05, 0) is 13.8 Å². The fourth-order valence-electron chi connectivity index (χ4n) is 0.987. The first kappa shape index (κ1) is 14.0. The Hall–Kier alpha value is -2.06. The van der Waals surface area contributed by atoms with Crippen molar-refractivity contribution < 1.29 is 27.9 Å². The van der Waals surface area contributed by atoms with Gasteiger partial charge < -0.3 is 10.4 Å². The summed E-state index contributed by atoms with van der Waals surface area (Å²) in [6, 6.07) is 1.08. The summed E-state index contributed by atoms with van der Waals surface area (Å²) in [5, 5.41) is 14.0. The highest BCUT2D eigenvalue weighted by Crippen LogP contribution is 2.19. The van der Waals surface area contributed by atoms with Crippen LogP contribution in [-0.2, 0) is 15.1 Å². The summed E-state index contributed by atoms with van der Waals surface area (Å²) in [6.07, 6.45) is -3.85. The van der Waals surface area contributed by atoms with Crippen LogP contribution in [0, 0.1) is 0 Å². The van der Waals surface area contributed by atoms with Crippen molar-refractivity contribution in [3.05, 3.63) is 12.3 Å². The largest absolute Gasteiger partial charge is 0.479 e. The minimum Gasteiger partial charge on any atom is -0.479 e. The molecule has 1 amide bonds. The second-order valence-electron chi connectivity index (χ2n) is 3.96. The van der Waals surface area contributed by atoms with E-state index >= 15 is 0 Å². The van der Waals surface area contributed by atoms with Crippen LogP contribution in [0.4, 0.5) is 19.0 Å². The Kier molecular flexibility index (Phi) is 3.36. The number of carbonyl (C=O) groups excluding carboxylic acids is 1. The number of alkyl halides is 3. The van der Waals surface area contributed by atoms with E-state index in [9.17, 15) is 22.8 Å². The molecule has 1 heterocycles. The maximum absolute atomic E-state index is 12.0. The SMILES string of the molecule is CC(C)(C(=O)O)n1ccc(NC(=O)C(F)(F)F)n1. The van der Waals surface area contributed by atoms with E-state index in [0.29, 0.717) is 0 Å². The molecular formula is C9H10F3N3O3. The predicted molar refractivity (Wildman–Crippen MR) is 53.9 cm³/mol. The average molecular weight is 265 g/mol. The maximum Gasteiger partial charge on any atom is 0.471 e. The summed E-state index contributed by atoms with van der Waals surface area (Å²) in [4.78, 5) is 21.5. The molecule has 1 aromatic heterocycles. The molecule has 2 N–H and O–H groups in total. The smallest absolute Gasteiger partial charge is 0.471 e. The molecule has 0 aliphatic carbocycles. The topological polar surface area (TPSA) is 84.2 Å². The van der Waals surface area contributed by atoms with E-state index < -0.39 is 23.6 Å². The number of rotatable bonds is 3. The van der Waals surface area contributed by atoms with Gasteiger partial charge >= 0.3 is 18.1 Å². The summed E-state index contributed by atoms with van der Waals surface area (Å²) in [5.41, 5.74) is -1.43. The summed E-state index contributed by atoms with van der Waals surface area (Å²) >= 11 is 0. The highest BCUT2D eigenvalue weighted by Gasteiger charge is 2.39. The minimum atomic E-state index is -5.02. The van der Waals surface area contributed by atoms with Gasteiger partial charge in [-0.1, -0.05) is 0 Å². The Morgan fingerprint density at radius 1 is 1.39 bits per heavy atom. The van der Waals surface area contributed by atoms with Crippen LogP contribution in [0.2, 0.25) is 0 Å². The first-order valence-corrected chi connectivity index (χ1v) is 4.73. The molecule has 9 heteroatoms. The first-order chi connectivity index (χ1) is 8.05. The number of nitrogens with one attached hydrogen (secondary N) is 1. The number of hydrogen-bond acceptors (Lipinski definition) is 3. The molecule has 0 aliphatic heterocycles. The fraction of sp³-hybridized carbons (Fsp3) is 0.444. The highest BCUT2D eigenvalue weighted by atomic mass is 19.4. The molecule has 0 spiro atoms. The van der Waals surface area contributed by atoms with Gasteiger partial charge in [0.25, 0.3) is 0 Å². The Morgan fingerprint density at radius 3 is 2.39 bits per heavy atom. The summed E-state index contributed by atoms with van der Waals surface area (Å²) < 4.78 is 36.8. The average Bonchev–Trinajstić information content (AvgIpc) is 2.64. The Bertz CT molecular complexity index is 479. The molecule has 0 fully saturated rings. The lowest BCUT2D eigenvalue weighted by Crippen LogP contribution is -2.36. The number of carboxylic acids is 1. The number of hydrogen-bond donors (Lipinski definition) is 2. The third kappa shape index (κ3) is 2.79. The standard InChI is InChI=1S/C9H10F3N3O3/c1-8(2,7(17)18)15-4-3-5(14-15)13-6(16)9(10,11)12/h3-4H,1-2H3,(H,17,18)(H,13,14,16). The molecule has 0 unspecified atom stereocenters. The van der Waals surface area contributed by atoms with Crippen LogP contribution in [0.1, 0.15) is 13.8 Å². The van der Waals surface area contributed by atoms with Crippen LogP contribution in [0.15, 0.2) is 12.3 Å². The van der Waals surface area contributed by atoms with Crippen molar-refractivity contribution in [2.45, 2.75) is 25.6 Å². The van der Waals surface area contributed by atoms with Crippen LogP contribution < -0.4 is 5.32 Å². The number of anilines is 1. The van der Waals surface area contributed by atoms with Gasteiger partial charge in [-0.3, -0.25) is 9.48 Å². The van der Waals surface area contributed by atoms with Crippen molar-refractivity contribution >= 4 is 17.7 Å². The van der Waals surface area contributed by atoms with Gasteiger partial charge in [0.15, 0.2) is 11.4 Å². The number of nitrogens with zero attached hydrogens (tertiary/aromatic N) is 2. The van der Waals surface area contributed by atoms with Crippen molar-refractivity contribution in [3.63, 3.8) is 0 Å². The molecule has 0 saturated heterocycles. The van der Waals surface area contributed by atoms with E-state index in [-0.39, 0.29) is 5.82 Å². The van der Waals surface area contributed by atoms with E-state index in [1.54, 1.807) is 0 Å². The van der Waals surface area contributed by atoms with E-state index in [1.165, 1.54) is 25.4 Å². The van der Waals surface area contributed by atoms with Crippen LogP contribution in [0.5, 0.6) is 0 Å². The summed E-state index contributed by atoms with van der Waals surface area (Å²) in [6.45, 7) is 2.63. The highest BCUT2D eigenvalue weighted by molar-refractivity contribution is 5.94. The predicted octanol–water partition coefficient (Wildman–Crippen LogP) is 1.20. The van der Waals surface area contributed by atoms with E-state index in [4.69, 9.17) is 5.11 Å². The van der Waals surface area contributed by atoms with Crippen LogP contribution in [0.25, 0.3) is 0 Å². The number of aliphatic carboxylic acids is 1. The Balaban J connectivity index is 2.89. The molecule has 0 radical (unpaired) electrons. The molecule has 0 aromatic carbocycles. The monoisotopic (exact) mass is 265 g/mol. The van der Waals surface area contributed by atoms with Gasteiger partial charge in [-0.2, -0.15) is 18.3 Å². The third-order valence-corrected chi connectivity index (χ3v) is 2.18. The molecule has 1 rings (SSSR count). The van der Waals surface area contributed by atoms with Crippen molar-refractivity contribution in [2.24, 2.45) is 0 Å². The van der Waals surface area contributed by atoms with Crippen molar-refractivity contribution in [1.29, 1.82) is 0 Å². The number of amides is 1. The Morgan fingerprint density at radius 2 is 1.94 bits per heavy atom. The molecule has 0 bridgehead atoms. The van der Waals surface area contributed by atoms with Crippen molar-refractivity contribution in [2.75, 3.05) is 5.32 Å². The zero-order chi connectivity index (χ0) is 14.1. The molecular weight excluding hydrogens is 255 g/mol. The molecule has 0 saturated carbocycles. The molecule has 100 valence electrons. The number of carboxylic acid groups (broad SMARTS) is 1. The van der Waals surface area contributed by atoms with Crippen LogP contribution in [-0.4, -0.2) is 32.9 Å².